The van der Waals surface area contributed by atoms with E-state index in [1.54, 1.807) is 14.2 Å². The Kier molecular flexibility index (Phi) is 19.6. The fourth-order valence-electron chi connectivity index (χ4n) is 0. The number of methoxy groups -OCH3 is 2. The molecule has 2 nitrogen and oxygen atoms in total. The Morgan fingerprint density at radius 2 is 1.08 bits per heavy atom. The van der Waals surface area contributed by atoms with Crippen LogP contribution < -0.4 is 0 Å². The van der Waals surface area contributed by atoms with Gasteiger partial charge in [0.1, 0.15) is 0 Å². The van der Waals surface area contributed by atoms with Crippen molar-refractivity contribution in [3.8, 4) is 0 Å². The molecule has 0 aliphatic carbocycles. The summed E-state index contributed by atoms with van der Waals surface area (Å²) in [5.41, 5.74) is 0. The van der Waals surface area contributed by atoms with Crippen molar-refractivity contribution < 1.29 is 22.6 Å². The minimum atomic E-state index is -4.46. The summed E-state index contributed by atoms with van der Waals surface area (Å²) in [6.45, 7) is 4.25. The van der Waals surface area contributed by atoms with Crippen LogP contribution in [0.2, 0.25) is 0 Å². The number of rotatable bonds is 0. The van der Waals surface area contributed by atoms with Crippen LogP contribution in [0.3, 0.4) is 0 Å². The van der Waals surface area contributed by atoms with E-state index in [4.69, 9.17) is 0 Å². The Balaban J connectivity index is -0.000000115. The van der Waals surface area contributed by atoms with Crippen LogP contribution in [0.15, 0.2) is 0 Å². The molecular formula is C7H17F3O2. The van der Waals surface area contributed by atoms with Gasteiger partial charge >= 0.3 is 6.36 Å². The zero-order valence-electron chi connectivity index (χ0n) is 8.16. The lowest BCUT2D eigenvalue weighted by molar-refractivity contribution is -0.311. The third-order valence-corrected chi connectivity index (χ3v) is 0.231. The van der Waals surface area contributed by atoms with Gasteiger partial charge in [0.15, 0.2) is 0 Å². The zero-order valence-corrected chi connectivity index (χ0v) is 8.16. The molecular weight excluding hydrogens is 173 g/mol. The Morgan fingerprint density at radius 3 is 1.08 bits per heavy atom. The Hall–Kier alpha value is -0.290. The lowest BCUT2D eigenvalue weighted by Gasteiger charge is -1.97. The molecule has 0 amide bonds. The maximum absolute atomic E-state index is 10.6. The summed E-state index contributed by atoms with van der Waals surface area (Å²) in [4.78, 5) is 0. The lowest BCUT2D eigenvalue weighted by Crippen LogP contribution is -2.08. The average molecular weight is 190 g/mol. The largest absolute Gasteiger partial charge is 0.522 e. The molecule has 0 saturated heterocycles. The topological polar surface area (TPSA) is 18.5 Å². The first-order chi connectivity index (χ1) is 5.39. The fraction of sp³-hybridized carbons (Fsp3) is 1.00. The SMILES string of the molecule is CCC.COC.COC(F)(F)F. The Labute approximate surface area is 71.7 Å². The predicted octanol–water partition coefficient (Wildman–Crippen LogP) is 2.83. The first-order valence-corrected chi connectivity index (χ1v) is 3.41. The summed E-state index contributed by atoms with van der Waals surface area (Å²) in [5.74, 6) is 0. The van der Waals surface area contributed by atoms with Gasteiger partial charge in [0, 0.05) is 21.3 Å². The van der Waals surface area contributed by atoms with Crippen molar-refractivity contribution in [1.82, 2.24) is 0 Å². The van der Waals surface area contributed by atoms with Gasteiger partial charge in [0.05, 0.1) is 0 Å². The van der Waals surface area contributed by atoms with Crippen LogP contribution in [0.25, 0.3) is 0 Å². The van der Waals surface area contributed by atoms with E-state index < -0.39 is 6.36 Å². The molecule has 0 unspecified atom stereocenters. The number of hydrogen-bond donors (Lipinski definition) is 0. The molecule has 0 heterocycles. The first-order valence-electron chi connectivity index (χ1n) is 3.41. The molecule has 0 aromatic rings. The van der Waals surface area contributed by atoms with Crippen molar-refractivity contribution in [2.75, 3.05) is 21.3 Å². The molecule has 0 fully saturated rings. The van der Waals surface area contributed by atoms with E-state index in [-0.39, 0.29) is 0 Å². The highest BCUT2D eigenvalue weighted by molar-refractivity contribution is 4.15. The van der Waals surface area contributed by atoms with Gasteiger partial charge in [0.2, 0.25) is 0 Å². The summed E-state index contributed by atoms with van der Waals surface area (Å²) in [6, 6.07) is 0. The van der Waals surface area contributed by atoms with E-state index in [9.17, 15) is 13.2 Å². The molecule has 0 aliphatic rings. The normalized spacial score (nSPS) is 9.00. The summed E-state index contributed by atoms with van der Waals surface area (Å²) in [7, 11) is 3.83. The minimum absolute atomic E-state index is 0.583. The number of alkyl halides is 3. The molecule has 12 heavy (non-hydrogen) atoms. The van der Waals surface area contributed by atoms with Gasteiger partial charge in [-0.2, -0.15) is 0 Å². The molecule has 5 heteroatoms. The molecule has 0 atom stereocenters. The van der Waals surface area contributed by atoms with E-state index in [1.807, 2.05) is 0 Å². The average Bonchev–Trinajstić information content (AvgIpc) is 1.90. The highest BCUT2D eigenvalue weighted by atomic mass is 19.4. The smallest absolute Gasteiger partial charge is 0.388 e. The van der Waals surface area contributed by atoms with E-state index in [2.05, 4.69) is 23.3 Å². The molecule has 0 bridgehead atoms. The zero-order chi connectivity index (χ0) is 10.6. The summed E-state index contributed by atoms with van der Waals surface area (Å²) in [6.07, 6.45) is -3.21. The molecule has 0 rings (SSSR count). The molecule has 0 saturated carbocycles. The third kappa shape index (κ3) is 100. The highest BCUT2D eigenvalue weighted by Gasteiger charge is 2.25. The molecule has 78 valence electrons. The van der Waals surface area contributed by atoms with Crippen molar-refractivity contribution in [3.63, 3.8) is 0 Å². The monoisotopic (exact) mass is 190 g/mol. The number of halogens is 3. The van der Waals surface area contributed by atoms with Gasteiger partial charge in [-0.05, 0) is 0 Å². The predicted molar refractivity (Wildman–Crippen MR) is 42.0 cm³/mol. The second-order valence-corrected chi connectivity index (χ2v) is 1.77. The van der Waals surface area contributed by atoms with Gasteiger partial charge in [-0.25, -0.2) is 0 Å². The van der Waals surface area contributed by atoms with Crippen LogP contribution in [0.5, 0.6) is 0 Å². The van der Waals surface area contributed by atoms with E-state index in [0.717, 1.165) is 0 Å². The molecule has 0 aromatic heterocycles. The van der Waals surface area contributed by atoms with E-state index >= 15 is 0 Å². The summed E-state index contributed by atoms with van der Waals surface area (Å²) < 4.78 is 38.9. The Morgan fingerprint density at radius 1 is 1.00 bits per heavy atom. The van der Waals surface area contributed by atoms with Gasteiger partial charge in [-0.15, -0.1) is 13.2 Å². The van der Waals surface area contributed by atoms with Crippen LogP contribution in [0.4, 0.5) is 13.2 Å². The van der Waals surface area contributed by atoms with Crippen LogP contribution in [0, 0.1) is 0 Å². The summed E-state index contributed by atoms with van der Waals surface area (Å²) in [5, 5.41) is 0. The van der Waals surface area contributed by atoms with Crippen LogP contribution >= 0.6 is 0 Å². The Bertz CT molecular complexity index is 62.2. The van der Waals surface area contributed by atoms with Gasteiger partial charge in [-0.1, -0.05) is 20.3 Å². The molecule has 0 radical (unpaired) electrons. The van der Waals surface area contributed by atoms with Crippen molar-refractivity contribution in [2.24, 2.45) is 0 Å². The van der Waals surface area contributed by atoms with Gasteiger partial charge in [0.25, 0.3) is 0 Å². The van der Waals surface area contributed by atoms with Crippen molar-refractivity contribution in [1.29, 1.82) is 0 Å². The number of hydrogen-bond acceptors (Lipinski definition) is 2. The second-order valence-electron chi connectivity index (χ2n) is 1.77. The molecule has 0 aliphatic heterocycles. The van der Waals surface area contributed by atoms with Crippen molar-refractivity contribution >= 4 is 0 Å². The van der Waals surface area contributed by atoms with E-state index in [0.29, 0.717) is 7.11 Å². The highest BCUT2D eigenvalue weighted by Crippen LogP contribution is 2.13. The first kappa shape index (κ1) is 17.7. The van der Waals surface area contributed by atoms with E-state index in [1.165, 1.54) is 6.42 Å². The molecule has 0 aromatic carbocycles. The third-order valence-electron chi connectivity index (χ3n) is 0.231. The fourth-order valence-corrected chi connectivity index (χ4v) is 0. The van der Waals surface area contributed by atoms with Gasteiger partial charge < -0.3 is 4.74 Å². The van der Waals surface area contributed by atoms with Crippen LogP contribution in [-0.2, 0) is 9.47 Å². The maximum Gasteiger partial charge on any atom is 0.522 e. The standard InChI is InChI=1S/C3H8.C2H3F3O.C2H6O/c1-3-2;1-6-2(3,4)5;1-3-2/h3H2,1-2H3;1H3;1-2H3. The molecule has 0 spiro atoms. The minimum Gasteiger partial charge on any atom is -0.388 e. The molecule has 0 N–H and O–H groups in total. The van der Waals surface area contributed by atoms with Crippen molar-refractivity contribution in [3.05, 3.63) is 0 Å². The van der Waals surface area contributed by atoms with Crippen molar-refractivity contribution in [2.45, 2.75) is 26.6 Å². The van der Waals surface area contributed by atoms with Crippen LogP contribution in [0.1, 0.15) is 20.3 Å². The lowest BCUT2D eigenvalue weighted by atomic mass is 10.6. The maximum atomic E-state index is 10.6. The van der Waals surface area contributed by atoms with Gasteiger partial charge in [-0.3, -0.25) is 4.74 Å². The number of ether oxygens (including phenoxy) is 2. The quantitative estimate of drug-likeness (QED) is 0.584. The second kappa shape index (κ2) is 13.3. The summed E-state index contributed by atoms with van der Waals surface area (Å²) >= 11 is 0. The van der Waals surface area contributed by atoms with Crippen LogP contribution in [-0.4, -0.2) is 27.7 Å².